The van der Waals surface area contributed by atoms with Gasteiger partial charge in [-0.25, -0.2) is 0 Å². The molecule has 110 heavy (non-hydrogen) atoms. The third-order valence-electron chi connectivity index (χ3n) is 17.5. The van der Waals surface area contributed by atoms with Gasteiger partial charge >= 0.3 is 61.6 Å². The van der Waals surface area contributed by atoms with Crippen LogP contribution in [0.5, 0.6) is 0 Å². The molecule has 4 unspecified atom stereocenters. The molecule has 22 nitrogen and oxygen atoms in total. The summed E-state index contributed by atoms with van der Waals surface area (Å²) in [5.74, 6) is 0. The van der Waals surface area contributed by atoms with Crippen LogP contribution in [0.15, 0.2) is 212 Å². The van der Waals surface area contributed by atoms with Gasteiger partial charge in [0, 0.05) is 187 Å². The number of hydrogen-bond donors (Lipinski definition) is 7. The van der Waals surface area contributed by atoms with E-state index in [1.807, 2.05) is 190 Å². The molecular weight excluding hydrogens is 1510 g/mol. The maximum absolute atomic E-state index is 8.40. The number of benzene rings is 7. The summed E-state index contributed by atoms with van der Waals surface area (Å²) >= 11 is 0. The van der Waals surface area contributed by atoms with Crippen LogP contribution in [-0.4, -0.2) is 167 Å². The molecule has 29 heteroatoms. The second kappa shape index (κ2) is 51.7. The highest BCUT2D eigenvalue weighted by Crippen LogP contribution is 2.41. The van der Waals surface area contributed by atoms with E-state index in [0.29, 0.717) is 141 Å². The first-order valence-corrected chi connectivity index (χ1v) is 53.8. The van der Waals surface area contributed by atoms with Crippen molar-refractivity contribution in [2.45, 2.75) is 150 Å². The molecule has 4 atom stereocenters. The molecule has 0 bridgehead atoms. The van der Waals surface area contributed by atoms with Gasteiger partial charge in [-0.1, -0.05) is 127 Å². The highest BCUT2D eigenvalue weighted by Gasteiger charge is 2.66. The van der Waals surface area contributed by atoms with Gasteiger partial charge in [0.05, 0.1) is 0 Å². The molecule has 7 N–H and O–H groups in total. The van der Waals surface area contributed by atoms with E-state index in [1.165, 1.54) is 0 Å². The predicted octanol–water partition coefficient (Wildman–Crippen LogP) is 18.5. The second-order valence-corrected chi connectivity index (χ2v) is 46.6. The maximum atomic E-state index is 8.40. The number of nitrogens with one attached hydrogen (secondary N) is 7. The van der Waals surface area contributed by atoms with Crippen molar-refractivity contribution in [2.24, 2.45) is 0 Å². The highest BCUT2D eigenvalue weighted by molar-refractivity contribution is 6.88. The van der Waals surface area contributed by atoms with Crippen molar-refractivity contribution in [2.75, 3.05) is 142 Å². The predicted molar refractivity (Wildman–Crippen MR) is 462 cm³/mol. The molecule has 0 radical (unpaired) electrons. The molecule has 0 aromatic heterocycles. The fraction of sp³-hybridized carbons (Fsp3) is 0.481. The van der Waals surface area contributed by atoms with E-state index < -0.39 is 61.6 Å². The Morgan fingerprint density at radius 2 is 0.291 bits per heavy atom. The van der Waals surface area contributed by atoms with Crippen molar-refractivity contribution in [3.05, 3.63) is 212 Å². The highest BCUT2D eigenvalue weighted by atomic mass is 28.5. The molecule has 0 saturated heterocycles. The van der Waals surface area contributed by atoms with Crippen LogP contribution in [0.1, 0.15) is 107 Å². The molecule has 0 spiro atoms. The van der Waals surface area contributed by atoms with Crippen LogP contribution >= 0.6 is 0 Å². The lowest BCUT2D eigenvalue weighted by Gasteiger charge is -2.47. The molecule has 0 amide bonds. The standard InChI is InChI=1S/C81H129N7O15Si7/c1-10-89-104(90-11-2,68-40-61-82-75-47-26-19-27-48-75)98-106(93-14-5,70-42-63-84-77-51-30-21-31-52-77)100-108(95-16-7,72-44-65-86-79-55-34-23-35-56-79)102-110(97-18-9,74-46-67-88-81-59-38-25-39-60-81)103-109(96-17-8,73-45-66-87-80-57-36-24-37-58-80)101-107(94-15-6,71-43-64-85-78-53-32-22-33-54-78)99-105(91-12-3,92-13-4)69-41-62-83-76-49-28-20-29-50-76/h19-39,47-60,82-88H,10-18,40-46,61-74H2,1-9H3. The van der Waals surface area contributed by atoms with E-state index in [9.17, 15) is 0 Å². The SMILES string of the molecule is CCO[Si](CCCNc1ccccc1)(OCC)O[Si](CCCNc1ccccc1)(OCC)O[Si](CCCNc1ccccc1)(OCC)O[Si](CCCNc1ccccc1)(OCC)O[Si](CCCNc1ccccc1)(OCC)O[Si](CCCNc1ccccc1)(OCC)O[Si](CCCNc1ccccc1)(OCC)OCC. The van der Waals surface area contributed by atoms with Crippen LogP contribution in [0.4, 0.5) is 39.8 Å². The van der Waals surface area contributed by atoms with Crippen LogP contribution in [0.25, 0.3) is 0 Å². The molecule has 7 rings (SSSR count). The van der Waals surface area contributed by atoms with E-state index in [2.05, 4.69) is 122 Å². The summed E-state index contributed by atoms with van der Waals surface area (Å²) in [5, 5.41) is 25.7. The van der Waals surface area contributed by atoms with Gasteiger partial charge in [0.25, 0.3) is 0 Å². The molecule has 0 aliphatic rings. The molecule has 0 aliphatic heterocycles. The molecule has 0 saturated carbocycles. The fourth-order valence-electron chi connectivity index (χ4n) is 12.9. The summed E-state index contributed by atoms with van der Waals surface area (Å²) in [6, 6.07) is 73.8. The number of rotatable bonds is 65. The van der Waals surface area contributed by atoms with Gasteiger partial charge < -0.3 is 102 Å². The van der Waals surface area contributed by atoms with Gasteiger partial charge in [-0.15, -0.1) is 0 Å². The van der Waals surface area contributed by atoms with Gasteiger partial charge in [0.1, 0.15) is 0 Å². The van der Waals surface area contributed by atoms with E-state index in [4.69, 9.17) is 64.5 Å². The fourth-order valence-corrected chi connectivity index (χ4v) is 44.9. The Bertz CT molecular complexity index is 3240. The minimum Gasteiger partial charge on any atom is -0.385 e. The van der Waals surface area contributed by atoms with Crippen molar-refractivity contribution in [1.29, 1.82) is 0 Å². The van der Waals surface area contributed by atoms with Crippen molar-refractivity contribution in [1.82, 2.24) is 0 Å². The number of anilines is 7. The molecule has 606 valence electrons. The van der Waals surface area contributed by atoms with Crippen molar-refractivity contribution >= 4 is 101 Å². The Morgan fingerprint density at radius 1 is 0.173 bits per heavy atom. The first kappa shape index (κ1) is 91.2. The Hall–Kier alpha value is -5.94. The molecule has 7 aromatic rings. The third-order valence-corrected chi connectivity index (χ3v) is 45.7. The normalized spacial score (nSPS) is 14.6. The van der Waals surface area contributed by atoms with E-state index in [1.54, 1.807) is 0 Å². The largest absolute Gasteiger partial charge is 0.493 e. The molecule has 7 aromatic carbocycles. The van der Waals surface area contributed by atoms with Gasteiger partial charge in [0.2, 0.25) is 0 Å². The maximum Gasteiger partial charge on any atom is 0.493 e. The smallest absolute Gasteiger partial charge is 0.385 e. The van der Waals surface area contributed by atoms with Gasteiger partial charge in [-0.05, 0) is 192 Å². The Morgan fingerprint density at radius 3 is 0.427 bits per heavy atom. The summed E-state index contributed by atoms with van der Waals surface area (Å²) in [6.45, 7) is 24.1. The van der Waals surface area contributed by atoms with Crippen LogP contribution in [0, 0.1) is 0 Å². The number of para-hydroxylation sites is 7. The average Bonchev–Trinajstić information content (AvgIpc) is 0.762. The zero-order chi connectivity index (χ0) is 78.1. The second-order valence-electron chi connectivity index (χ2n) is 26.1. The summed E-state index contributed by atoms with van der Waals surface area (Å²) in [6.07, 6.45) is 3.99. The zero-order valence-corrected chi connectivity index (χ0v) is 74.0. The first-order valence-electron chi connectivity index (χ1n) is 40.3. The molecular formula is C81H129N7O15Si7. The third kappa shape index (κ3) is 32.9. The van der Waals surface area contributed by atoms with Crippen LogP contribution in [-0.2, 0) is 64.5 Å². The van der Waals surface area contributed by atoms with Gasteiger partial charge in [-0.2, -0.15) is 0 Å². The van der Waals surface area contributed by atoms with Gasteiger partial charge in [0.15, 0.2) is 0 Å². The minimum atomic E-state index is -4.51. The summed E-state index contributed by atoms with van der Waals surface area (Å²) in [7, 11) is -29.5. The molecule has 0 fully saturated rings. The topological polar surface area (TPSA) is 223 Å². The Labute approximate surface area is 666 Å². The lowest BCUT2D eigenvalue weighted by molar-refractivity contribution is 0.0279. The van der Waals surface area contributed by atoms with E-state index in [0.717, 1.165) is 39.8 Å². The molecule has 0 heterocycles. The molecule has 0 aliphatic carbocycles. The average molecular weight is 1640 g/mol. The van der Waals surface area contributed by atoms with E-state index >= 15 is 0 Å². The Kier molecular flexibility index (Phi) is 42.9. The number of hydrogen-bond acceptors (Lipinski definition) is 22. The lowest BCUT2D eigenvalue weighted by Crippen LogP contribution is -2.70. The van der Waals surface area contributed by atoms with Crippen LogP contribution in [0.3, 0.4) is 0 Å². The monoisotopic (exact) mass is 1640 g/mol. The van der Waals surface area contributed by atoms with Crippen molar-refractivity contribution < 1.29 is 64.5 Å². The van der Waals surface area contributed by atoms with E-state index in [-0.39, 0.29) is 51.2 Å². The van der Waals surface area contributed by atoms with Crippen molar-refractivity contribution in [3.63, 3.8) is 0 Å². The van der Waals surface area contributed by atoms with Crippen LogP contribution in [0.2, 0.25) is 42.3 Å². The summed E-state index contributed by atoms with van der Waals surface area (Å²) < 4.78 is 114. The summed E-state index contributed by atoms with van der Waals surface area (Å²) in [5.41, 5.74) is 6.91. The Balaban J connectivity index is 1.46. The summed E-state index contributed by atoms with van der Waals surface area (Å²) in [4.78, 5) is 0. The van der Waals surface area contributed by atoms with Crippen LogP contribution < -0.4 is 37.2 Å². The minimum absolute atomic E-state index is 0.172. The van der Waals surface area contributed by atoms with Crippen molar-refractivity contribution in [3.8, 4) is 0 Å². The quantitative estimate of drug-likeness (QED) is 0.0139. The zero-order valence-electron chi connectivity index (χ0n) is 67.0. The first-order chi connectivity index (χ1) is 53.8. The van der Waals surface area contributed by atoms with Gasteiger partial charge in [-0.3, -0.25) is 0 Å². The lowest BCUT2D eigenvalue weighted by atomic mass is 10.3.